The summed E-state index contributed by atoms with van der Waals surface area (Å²) in [5.41, 5.74) is 0.533. The Morgan fingerprint density at radius 2 is 1.54 bits per heavy atom. The Labute approximate surface area is 84.5 Å². The predicted octanol–water partition coefficient (Wildman–Crippen LogP) is 3.54. The van der Waals surface area contributed by atoms with Crippen molar-refractivity contribution in [1.82, 2.24) is 4.90 Å². The highest BCUT2D eigenvalue weighted by atomic mass is 15.1. The van der Waals surface area contributed by atoms with Crippen LogP contribution in [0.15, 0.2) is 0 Å². The number of nitrogens with zero attached hydrogens (tertiary/aromatic N) is 1. The van der Waals surface area contributed by atoms with Crippen LogP contribution in [0.5, 0.6) is 0 Å². The van der Waals surface area contributed by atoms with E-state index in [-0.39, 0.29) is 0 Å². The van der Waals surface area contributed by atoms with Gasteiger partial charge in [0.1, 0.15) is 0 Å². The number of rotatable bonds is 7. The van der Waals surface area contributed by atoms with Crippen LogP contribution in [-0.4, -0.2) is 24.5 Å². The van der Waals surface area contributed by atoms with E-state index in [0.29, 0.717) is 5.41 Å². The average molecular weight is 185 g/mol. The summed E-state index contributed by atoms with van der Waals surface area (Å²) in [7, 11) is 0. The first kappa shape index (κ1) is 13.0. The van der Waals surface area contributed by atoms with Crippen molar-refractivity contribution < 1.29 is 0 Å². The molecule has 0 amide bonds. The van der Waals surface area contributed by atoms with E-state index in [4.69, 9.17) is 0 Å². The van der Waals surface area contributed by atoms with Gasteiger partial charge in [0, 0.05) is 6.54 Å². The van der Waals surface area contributed by atoms with Gasteiger partial charge in [0.05, 0.1) is 0 Å². The van der Waals surface area contributed by atoms with Gasteiger partial charge in [-0.25, -0.2) is 0 Å². The highest BCUT2D eigenvalue weighted by molar-refractivity contribution is 4.75. The fourth-order valence-corrected chi connectivity index (χ4v) is 1.68. The van der Waals surface area contributed by atoms with Gasteiger partial charge < -0.3 is 4.90 Å². The van der Waals surface area contributed by atoms with Crippen LogP contribution in [-0.2, 0) is 0 Å². The molecule has 0 N–H and O–H groups in total. The molecule has 0 spiro atoms. The van der Waals surface area contributed by atoms with Crippen LogP contribution in [0.1, 0.15) is 53.9 Å². The van der Waals surface area contributed by atoms with E-state index in [1.54, 1.807) is 0 Å². The second kappa shape index (κ2) is 6.42. The van der Waals surface area contributed by atoms with Crippen molar-refractivity contribution in [2.45, 2.75) is 53.9 Å². The first-order valence-corrected chi connectivity index (χ1v) is 5.84. The van der Waals surface area contributed by atoms with Crippen LogP contribution in [0, 0.1) is 5.41 Å². The molecule has 0 aromatic heterocycles. The maximum absolute atomic E-state index is 2.58. The zero-order valence-electron chi connectivity index (χ0n) is 10.2. The summed E-state index contributed by atoms with van der Waals surface area (Å²) in [4.78, 5) is 2.58. The summed E-state index contributed by atoms with van der Waals surface area (Å²) in [5.74, 6) is 0. The lowest BCUT2D eigenvalue weighted by Gasteiger charge is -2.33. The SMILES string of the molecule is CCCN(CC)CC(C)(CC)CC. The molecule has 0 atom stereocenters. The Morgan fingerprint density at radius 3 is 1.85 bits per heavy atom. The summed E-state index contributed by atoms with van der Waals surface area (Å²) < 4.78 is 0. The van der Waals surface area contributed by atoms with E-state index in [0.717, 1.165) is 0 Å². The van der Waals surface area contributed by atoms with Gasteiger partial charge in [0.2, 0.25) is 0 Å². The first-order chi connectivity index (χ1) is 6.11. The molecule has 0 bridgehead atoms. The molecule has 0 saturated heterocycles. The first-order valence-electron chi connectivity index (χ1n) is 5.84. The Hall–Kier alpha value is -0.0400. The summed E-state index contributed by atoms with van der Waals surface area (Å²) in [6, 6.07) is 0. The highest BCUT2D eigenvalue weighted by Crippen LogP contribution is 2.26. The number of hydrogen-bond donors (Lipinski definition) is 0. The maximum Gasteiger partial charge on any atom is 0.00350 e. The number of hydrogen-bond acceptors (Lipinski definition) is 1. The van der Waals surface area contributed by atoms with Gasteiger partial charge in [0.15, 0.2) is 0 Å². The average Bonchev–Trinajstić information content (AvgIpc) is 2.17. The summed E-state index contributed by atoms with van der Waals surface area (Å²) in [6.07, 6.45) is 3.87. The molecule has 0 aliphatic carbocycles. The molecular weight excluding hydrogens is 158 g/mol. The van der Waals surface area contributed by atoms with Gasteiger partial charge in [-0.1, -0.05) is 34.6 Å². The minimum atomic E-state index is 0.533. The molecule has 0 aliphatic rings. The Morgan fingerprint density at radius 1 is 1.00 bits per heavy atom. The molecule has 1 nitrogen and oxygen atoms in total. The summed E-state index contributed by atoms with van der Waals surface area (Å²) in [6.45, 7) is 15.3. The van der Waals surface area contributed by atoms with Gasteiger partial charge in [-0.15, -0.1) is 0 Å². The van der Waals surface area contributed by atoms with Crippen LogP contribution in [0.2, 0.25) is 0 Å². The van der Waals surface area contributed by atoms with Crippen molar-refractivity contribution in [3.05, 3.63) is 0 Å². The molecule has 0 saturated carbocycles. The van der Waals surface area contributed by atoms with Crippen molar-refractivity contribution in [1.29, 1.82) is 0 Å². The third-order valence-electron chi connectivity index (χ3n) is 3.30. The van der Waals surface area contributed by atoms with Crippen molar-refractivity contribution in [2.75, 3.05) is 19.6 Å². The molecule has 0 fully saturated rings. The molecule has 0 aromatic rings. The van der Waals surface area contributed by atoms with E-state index in [2.05, 4.69) is 39.5 Å². The molecular formula is C12H27N. The van der Waals surface area contributed by atoms with Gasteiger partial charge in [-0.3, -0.25) is 0 Å². The minimum Gasteiger partial charge on any atom is -0.303 e. The van der Waals surface area contributed by atoms with E-state index >= 15 is 0 Å². The van der Waals surface area contributed by atoms with Gasteiger partial charge in [-0.05, 0) is 37.8 Å². The molecule has 1 heteroatoms. The maximum atomic E-state index is 2.58. The quantitative estimate of drug-likeness (QED) is 0.586. The zero-order chi connectivity index (χ0) is 10.3. The molecule has 0 heterocycles. The van der Waals surface area contributed by atoms with E-state index in [9.17, 15) is 0 Å². The fraction of sp³-hybridized carbons (Fsp3) is 1.00. The van der Waals surface area contributed by atoms with Crippen molar-refractivity contribution in [2.24, 2.45) is 5.41 Å². The van der Waals surface area contributed by atoms with Crippen LogP contribution in [0.4, 0.5) is 0 Å². The van der Waals surface area contributed by atoms with Crippen LogP contribution in [0.25, 0.3) is 0 Å². The van der Waals surface area contributed by atoms with Gasteiger partial charge in [-0.2, -0.15) is 0 Å². The third kappa shape index (κ3) is 4.66. The lowest BCUT2D eigenvalue weighted by molar-refractivity contribution is 0.159. The third-order valence-corrected chi connectivity index (χ3v) is 3.30. The van der Waals surface area contributed by atoms with Gasteiger partial charge in [0.25, 0.3) is 0 Å². The largest absolute Gasteiger partial charge is 0.303 e. The van der Waals surface area contributed by atoms with E-state index < -0.39 is 0 Å². The molecule has 13 heavy (non-hydrogen) atoms. The van der Waals surface area contributed by atoms with Crippen molar-refractivity contribution >= 4 is 0 Å². The van der Waals surface area contributed by atoms with Gasteiger partial charge >= 0.3 is 0 Å². The van der Waals surface area contributed by atoms with Crippen LogP contribution in [0.3, 0.4) is 0 Å². The lowest BCUT2D eigenvalue weighted by Crippen LogP contribution is -2.35. The predicted molar refractivity (Wildman–Crippen MR) is 61.1 cm³/mol. The fourth-order valence-electron chi connectivity index (χ4n) is 1.68. The normalized spacial score (nSPS) is 12.5. The van der Waals surface area contributed by atoms with E-state index in [1.807, 2.05) is 0 Å². The molecule has 80 valence electrons. The molecule has 0 radical (unpaired) electrons. The molecule has 0 unspecified atom stereocenters. The lowest BCUT2D eigenvalue weighted by atomic mass is 9.84. The monoisotopic (exact) mass is 185 g/mol. The Bertz CT molecular complexity index is 116. The molecule has 0 aliphatic heterocycles. The highest BCUT2D eigenvalue weighted by Gasteiger charge is 2.21. The summed E-state index contributed by atoms with van der Waals surface area (Å²) in [5, 5.41) is 0. The zero-order valence-corrected chi connectivity index (χ0v) is 10.2. The Kier molecular flexibility index (Phi) is 6.40. The molecule has 0 rings (SSSR count). The molecule has 0 aromatic carbocycles. The smallest absolute Gasteiger partial charge is 0.00350 e. The van der Waals surface area contributed by atoms with Crippen molar-refractivity contribution in [3.8, 4) is 0 Å². The van der Waals surface area contributed by atoms with E-state index in [1.165, 1.54) is 38.9 Å². The van der Waals surface area contributed by atoms with Crippen LogP contribution < -0.4 is 0 Å². The topological polar surface area (TPSA) is 3.24 Å². The minimum absolute atomic E-state index is 0.533. The standard InChI is InChI=1S/C12H27N/c1-6-10-13(9-4)11-12(5,7-2)8-3/h6-11H2,1-5H3. The summed E-state index contributed by atoms with van der Waals surface area (Å²) >= 11 is 0. The second-order valence-corrected chi connectivity index (χ2v) is 4.39. The Balaban J connectivity index is 4.02. The second-order valence-electron chi connectivity index (χ2n) is 4.39. The van der Waals surface area contributed by atoms with Crippen molar-refractivity contribution in [3.63, 3.8) is 0 Å². The van der Waals surface area contributed by atoms with Crippen LogP contribution >= 0.6 is 0 Å².